The van der Waals surface area contributed by atoms with E-state index in [0.717, 1.165) is 12.8 Å². The van der Waals surface area contributed by atoms with E-state index in [-0.39, 0.29) is 24.8 Å². The summed E-state index contributed by atoms with van der Waals surface area (Å²) in [5.74, 6) is -1.18. The fraction of sp³-hybridized carbons (Fsp3) is 0.545. The lowest BCUT2D eigenvalue weighted by Gasteiger charge is -2.43. The van der Waals surface area contributed by atoms with E-state index in [1.54, 1.807) is 48.2 Å². The zero-order valence-corrected chi connectivity index (χ0v) is 18.7. The highest BCUT2D eigenvalue weighted by Gasteiger charge is 2.48. The predicted molar refractivity (Wildman–Crippen MR) is 114 cm³/mol. The summed E-state index contributed by atoms with van der Waals surface area (Å²) < 4.78 is 5.19. The SMILES string of the molecule is CN1CCN(CC(=O)OCC(=O)N(C)C2(c3ccccc3Cl)CCCCC2=O)CC1=O. The second-order valence-electron chi connectivity index (χ2n) is 8.11. The van der Waals surface area contributed by atoms with E-state index in [2.05, 4.69) is 0 Å². The molecule has 168 valence electrons. The van der Waals surface area contributed by atoms with Gasteiger partial charge in [0.1, 0.15) is 5.54 Å². The first kappa shape index (κ1) is 23.2. The van der Waals surface area contributed by atoms with Gasteiger partial charge in [0, 0.05) is 44.2 Å². The highest BCUT2D eigenvalue weighted by molar-refractivity contribution is 6.31. The number of esters is 1. The van der Waals surface area contributed by atoms with Gasteiger partial charge in [-0.3, -0.25) is 24.1 Å². The number of carbonyl (C=O) groups excluding carboxylic acids is 4. The summed E-state index contributed by atoms with van der Waals surface area (Å²) in [5, 5.41) is 0.425. The fourth-order valence-electron chi connectivity index (χ4n) is 4.25. The fourth-order valence-corrected chi connectivity index (χ4v) is 4.54. The van der Waals surface area contributed by atoms with E-state index in [1.807, 2.05) is 0 Å². The highest BCUT2D eigenvalue weighted by atomic mass is 35.5. The minimum Gasteiger partial charge on any atom is -0.455 e. The van der Waals surface area contributed by atoms with Crippen LogP contribution in [-0.2, 0) is 29.5 Å². The van der Waals surface area contributed by atoms with Crippen molar-refractivity contribution in [3.8, 4) is 0 Å². The summed E-state index contributed by atoms with van der Waals surface area (Å²) in [6.07, 6.45) is 2.38. The van der Waals surface area contributed by atoms with Gasteiger partial charge in [-0.15, -0.1) is 0 Å². The molecule has 2 aliphatic rings. The zero-order valence-electron chi connectivity index (χ0n) is 17.9. The highest BCUT2D eigenvalue weighted by Crippen LogP contribution is 2.42. The molecule has 1 saturated heterocycles. The number of likely N-dealkylation sites (N-methyl/N-ethyl adjacent to an activating group) is 2. The van der Waals surface area contributed by atoms with Crippen LogP contribution in [0.4, 0.5) is 0 Å². The van der Waals surface area contributed by atoms with Crippen molar-refractivity contribution < 1.29 is 23.9 Å². The molecule has 1 unspecified atom stereocenters. The van der Waals surface area contributed by atoms with Crippen LogP contribution in [0, 0.1) is 0 Å². The summed E-state index contributed by atoms with van der Waals surface area (Å²) in [6.45, 7) is 0.705. The summed E-state index contributed by atoms with van der Waals surface area (Å²) >= 11 is 6.41. The van der Waals surface area contributed by atoms with Crippen molar-refractivity contribution in [2.45, 2.75) is 31.2 Å². The van der Waals surface area contributed by atoms with E-state index in [0.29, 0.717) is 36.5 Å². The van der Waals surface area contributed by atoms with Gasteiger partial charge in [-0.1, -0.05) is 29.8 Å². The Bertz CT molecular complexity index is 876. The van der Waals surface area contributed by atoms with Crippen molar-refractivity contribution in [3.05, 3.63) is 34.9 Å². The lowest BCUT2D eigenvalue weighted by molar-refractivity contribution is -0.158. The molecular weight excluding hydrogens is 422 g/mol. The third kappa shape index (κ3) is 4.91. The van der Waals surface area contributed by atoms with Gasteiger partial charge in [-0.2, -0.15) is 0 Å². The molecule has 1 saturated carbocycles. The smallest absolute Gasteiger partial charge is 0.320 e. The van der Waals surface area contributed by atoms with Gasteiger partial charge in [0.05, 0.1) is 13.1 Å². The number of hydrogen-bond acceptors (Lipinski definition) is 6. The predicted octanol–water partition coefficient (Wildman–Crippen LogP) is 1.45. The van der Waals surface area contributed by atoms with Gasteiger partial charge in [0.25, 0.3) is 5.91 Å². The van der Waals surface area contributed by atoms with Gasteiger partial charge in [-0.25, -0.2) is 0 Å². The van der Waals surface area contributed by atoms with Crippen LogP contribution >= 0.6 is 11.6 Å². The Kier molecular flexibility index (Phi) is 7.33. The maximum atomic E-state index is 13.1. The molecule has 1 aromatic rings. The second-order valence-corrected chi connectivity index (χ2v) is 8.52. The Morgan fingerprint density at radius 3 is 2.61 bits per heavy atom. The number of ketones is 1. The average molecular weight is 450 g/mol. The van der Waals surface area contributed by atoms with E-state index in [4.69, 9.17) is 16.3 Å². The molecule has 0 aromatic heterocycles. The molecular formula is C22H28ClN3O5. The standard InChI is InChI=1S/C22H28ClN3O5/c1-24-11-12-26(13-19(24)28)14-21(30)31-15-20(29)25(2)22(10-6-5-9-18(22)27)16-7-3-4-8-17(16)23/h3-4,7-8H,5-6,9-15H2,1-2H3. The number of halogens is 1. The Hall–Kier alpha value is -2.45. The van der Waals surface area contributed by atoms with Crippen LogP contribution in [0.25, 0.3) is 0 Å². The molecule has 1 aromatic carbocycles. The molecule has 1 heterocycles. The van der Waals surface area contributed by atoms with Crippen molar-refractivity contribution >= 4 is 35.2 Å². The molecule has 0 N–H and O–H groups in total. The topological polar surface area (TPSA) is 87.2 Å². The van der Waals surface area contributed by atoms with Crippen molar-refractivity contribution in [2.75, 3.05) is 46.9 Å². The van der Waals surface area contributed by atoms with Crippen LogP contribution < -0.4 is 0 Å². The number of rotatable bonds is 6. The molecule has 1 atom stereocenters. The number of hydrogen-bond donors (Lipinski definition) is 0. The van der Waals surface area contributed by atoms with Gasteiger partial charge < -0.3 is 14.5 Å². The van der Waals surface area contributed by atoms with E-state index >= 15 is 0 Å². The molecule has 31 heavy (non-hydrogen) atoms. The van der Waals surface area contributed by atoms with Crippen molar-refractivity contribution in [1.82, 2.24) is 14.7 Å². The molecule has 1 aliphatic heterocycles. The maximum absolute atomic E-state index is 13.1. The number of carbonyl (C=O) groups is 4. The first-order chi connectivity index (χ1) is 14.8. The van der Waals surface area contributed by atoms with Crippen molar-refractivity contribution in [3.63, 3.8) is 0 Å². The first-order valence-corrected chi connectivity index (χ1v) is 10.8. The largest absolute Gasteiger partial charge is 0.455 e. The summed E-state index contributed by atoms with van der Waals surface area (Å²) in [5.41, 5.74) is -0.566. The van der Waals surface area contributed by atoms with Crippen LogP contribution in [-0.4, -0.2) is 85.1 Å². The number of benzene rings is 1. The minimum atomic E-state index is -1.16. The molecule has 3 rings (SSSR count). The molecule has 2 amide bonds. The minimum absolute atomic E-state index is 0.0626. The molecule has 9 heteroatoms. The third-order valence-corrected chi connectivity index (χ3v) is 6.50. The normalized spacial score (nSPS) is 22.4. The zero-order chi connectivity index (χ0) is 22.6. The van der Waals surface area contributed by atoms with Crippen LogP contribution in [0.15, 0.2) is 24.3 Å². The lowest BCUT2D eigenvalue weighted by Crippen LogP contribution is -2.55. The molecule has 0 spiro atoms. The second kappa shape index (κ2) is 9.78. The molecule has 8 nitrogen and oxygen atoms in total. The Balaban J connectivity index is 1.67. The Morgan fingerprint density at radius 1 is 1.19 bits per heavy atom. The summed E-state index contributed by atoms with van der Waals surface area (Å²) in [4.78, 5) is 54.7. The van der Waals surface area contributed by atoms with Gasteiger partial charge in [-0.05, 0) is 25.3 Å². The average Bonchev–Trinajstić information content (AvgIpc) is 2.75. The third-order valence-electron chi connectivity index (χ3n) is 6.17. The number of Topliss-reactive ketones (excluding diaryl/α,β-unsaturated/α-hetero) is 1. The number of piperazine rings is 1. The molecule has 0 bridgehead atoms. The Labute approximate surface area is 187 Å². The molecule has 1 aliphatic carbocycles. The number of amides is 2. The molecule has 0 radical (unpaired) electrons. The number of ether oxygens (including phenoxy) is 1. The Morgan fingerprint density at radius 2 is 1.94 bits per heavy atom. The first-order valence-electron chi connectivity index (χ1n) is 10.4. The maximum Gasteiger partial charge on any atom is 0.320 e. The van der Waals surface area contributed by atoms with Gasteiger partial charge in [0.2, 0.25) is 5.91 Å². The van der Waals surface area contributed by atoms with Crippen LogP contribution in [0.1, 0.15) is 31.2 Å². The molecule has 2 fully saturated rings. The summed E-state index contributed by atoms with van der Waals surface area (Å²) in [7, 11) is 3.27. The van der Waals surface area contributed by atoms with Gasteiger partial charge >= 0.3 is 5.97 Å². The van der Waals surface area contributed by atoms with E-state index in [9.17, 15) is 19.2 Å². The van der Waals surface area contributed by atoms with Crippen LogP contribution in [0.3, 0.4) is 0 Å². The number of nitrogens with zero attached hydrogens (tertiary/aromatic N) is 3. The van der Waals surface area contributed by atoms with Crippen LogP contribution in [0.2, 0.25) is 5.02 Å². The lowest BCUT2D eigenvalue weighted by atomic mass is 9.74. The van der Waals surface area contributed by atoms with E-state index < -0.39 is 24.0 Å². The van der Waals surface area contributed by atoms with Crippen molar-refractivity contribution in [2.24, 2.45) is 0 Å². The van der Waals surface area contributed by atoms with E-state index in [1.165, 1.54) is 4.90 Å². The monoisotopic (exact) mass is 449 g/mol. The van der Waals surface area contributed by atoms with Crippen molar-refractivity contribution in [1.29, 1.82) is 0 Å². The van der Waals surface area contributed by atoms with Crippen LogP contribution in [0.5, 0.6) is 0 Å². The van der Waals surface area contributed by atoms with Gasteiger partial charge in [0.15, 0.2) is 12.4 Å². The quantitative estimate of drug-likeness (QED) is 0.611. The summed E-state index contributed by atoms with van der Waals surface area (Å²) in [6, 6.07) is 7.04.